The summed E-state index contributed by atoms with van der Waals surface area (Å²) < 4.78 is 5.58. The summed E-state index contributed by atoms with van der Waals surface area (Å²) in [4.78, 5) is 0. The molecule has 13 heavy (non-hydrogen) atoms. The molecule has 0 aliphatic rings. The minimum atomic E-state index is 0.0485. The van der Waals surface area contributed by atoms with E-state index in [9.17, 15) is 0 Å². The van der Waals surface area contributed by atoms with Crippen molar-refractivity contribution in [2.24, 2.45) is 5.84 Å². The number of nitrogens with one attached hydrogen (secondary N) is 1. The second kappa shape index (κ2) is 3.20. The predicted octanol–water partition coefficient (Wildman–Crippen LogP) is 1.96. The molecule has 0 amide bonds. The number of hydrazine groups is 1. The van der Waals surface area contributed by atoms with E-state index in [4.69, 9.17) is 10.3 Å². The number of nitrogens with two attached hydrogens (primary N) is 1. The van der Waals surface area contributed by atoms with Crippen molar-refractivity contribution >= 4 is 11.0 Å². The molecule has 0 aliphatic carbocycles. The fourth-order valence-corrected chi connectivity index (χ4v) is 1.30. The molecule has 2 rings (SSSR count). The standard InChI is InChI=1S/C10H12N2O/c1-7(12-11)10-6-8-4-2-3-5-9(8)13-10/h2-7,12H,11H2,1H3/t7-/m1/s1. The highest BCUT2D eigenvalue weighted by Gasteiger charge is 2.08. The molecule has 0 fully saturated rings. The fraction of sp³-hybridized carbons (Fsp3) is 0.200. The number of para-hydroxylation sites is 1. The first-order chi connectivity index (χ1) is 6.31. The van der Waals surface area contributed by atoms with Gasteiger partial charge in [0.05, 0.1) is 6.04 Å². The monoisotopic (exact) mass is 176 g/mol. The first-order valence-electron chi connectivity index (χ1n) is 4.26. The summed E-state index contributed by atoms with van der Waals surface area (Å²) in [6, 6.07) is 9.96. The Morgan fingerprint density at radius 1 is 1.38 bits per heavy atom. The average Bonchev–Trinajstić information content (AvgIpc) is 2.59. The molecule has 1 heterocycles. The zero-order chi connectivity index (χ0) is 9.26. The molecule has 0 saturated carbocycles. The molecule has 3 nitrogen and oxygen atoms in total. The van der Waals surface area contributed by atoms with E-state index in [0.29, 0.717) is 0 Å². The molecule has 1 atom stereocenters. The van der Waals surface area contributed by atoms with Crippen LogP contribution < -0.4 is 11.3 Å². The van der Waals surface area contributed by atoms with Crippen LogP contribution >= 0.6 is 0 Å². The Morgan fingerprint density at radius 3 is 2.85 bits per heavy atom. The van der Waals surface area contributed by atoms with Crippen LogP contribution in [-0.4, -0.2) is 0 Å². The van der Waals surface area contributed by atoms with Crippen molar-refractivity contribution in [2.45, 2.75) is 13.0 Å². The Morgan fingerprint density at radius 2 is 2.15 bits per heavy atom. The molecule has 0 saturated heterocycles. The lowest BCUT2D eigenvalue weighted by Gasteiger charge is -2.03. The molecular formula is C10H12N2O. The van der Waals surface area contributed by atoms with Gasteiger partial charge in [0.2, 0.25) is 0 Å². The lowest BCUT2D eigenvalue weighted by Crippen LogP contribution is -2.25. The van der Waals surface area contributed by atoms with Crippen LogP contribution in [0, 0.1) is 0 Å². The van der Waals surface area contributed by atoms with Gasteiger partial charge in [-0.05, 0) is 19.1 Å². The van der Waals surface area contributed by atoms with E-state index >= 15 is 0 Å². The highest BCUT2D eigenvalue weighted by atomic mass is 16.3. The highest BCUT2D eigenvalue weighted by molar-refractivity contribution is 5.77. The third-order valence-corrected chi connectivity index (χ3v) is 2.12. The smallest absolute Gasteiger partial charge is 0.134 e. The molecule has 0 unspecified atom stereocenters. The zero-order valence-electron chi connectivity index (χ0n) is 7.45. The van der Waals surface area contributed by atoms with Crippen LogP contribution in [0.3, 0.4) is 0 Å². The highest BCUT2D eigenvalue weighted by Crippen LogP contribution is 2.22. The number of furan rings is 1. The maximum Gasteiger partial charge on any atom is 0.134 e. The van der Waals surface area contributed by atoms with Crippen molar-refractivity contribution in [3.8, 4) is 0 Å². The van der Waals surface area contributed by atoms with Crippen molar-refractivity contribution in [1.82, 2.24) is 5.43 Å². The molecule has 1 aromatic heterocycles. The van der Waals surface area contributed by atoms with Crippen LogP contribution in [0.5, 0.6) is 0 Å². The largest absolute Gasteiger partial charge is 0.459 e. The predicted molar refractivity (Wildman–Crippen MR) is 52.0 cm³/mol. The van der Waals surface area contributed by atoms with Gasteiger partial charge in [0.15, 0.2) is 0 Å². The summed E-state index contributed by atoms with van der Waals surface area (Å²) in [5.74, 6) is 6.18. The summed E-state index contributed by atoms with van der Waals surface area (Å²) in [5, 5.41) is 1.11. The molecular weight excluding hydrogens is 164 g/mol. The Labute approximate surface area is 76.5 Å². The van der Waals surface area contributed by atoms with Gasteiger partial charge in [-0.3, -0.25) is 11.3 Å². The van der Waals surface area contributed by atoms with Crippen LogP contribution in [0.15, 0.2) is 34.7 Å². The van der Waals surface area contributed by atoms with E-state index in [1.165, 1.54) is 0 Å². The van der Waals surface area contributed by atoms with Crippen molar-refractivity contribution in [2.75, 3.05) is 0 Å². The van der Waals surface area contributed by atoms with Gasteiger partial charge < -0.3 is 4.42 Å². The van der Waals surface area contributed by atoms with E-state index in [1.54, 1.807) is 0 Å². The zero-order valence-corrected chi connectivity index (χ0v) is 7.45. The van der Waals surface area contributed by atoms with Crippen LogP contribution in [0.25, 0.3) is 11.0 Å². The average molecular weight is 176 g/mol. The third kappa shape index (κ3) is 1.43. The molecule has 0 bridgehead atoms. The first-order valence-corrected chi connectivity index (χ1v) is 4.26. The van der Waals surface area contributed by atoms with Crippen molar-refractivity contribution in [3.05, 3.63) is 36.1 Å². The summed E-state index contributed by atoms with van der Waals surface area (Å²) in [6.45, 7) is 1.96. The summed E-state index contributed by atoms with van der Waals surface area (Å²) >= 11 is 0. The molecule has 2 aromatic rings. The maximum atomic E-state index is 5.58. The van der Waals surface area contributed by atoms with Gasteiger partial charge in [-0.15, -0.1) is 0 Å². The van der Waals surface area contributed by atoms with Gasteiger partial charge in [0.1, 0.15) is 11.3 Å². The molecule has 3 N–H and O–H groups in total. The van der Waals surface area contributed by atoms with Crippen LogP contribution in [-0.2, 0) is 0 Å². The summed E-state index contributed by atoms with van der Waals surface area (Å²) in [5.41, 5.74) is 3.55. The molecule has 1 aromatic carbocycles. The molecule has 3 heteroatoms. The van der Waals surface area contributed by atoms with E-state index < -0.39 is 0 Å². The van der Waals surface area contributed by atoms with Gasteiger partial charge in [-0.1, -0.05) is 18.2 Å². The minimum Gasteiger partial charge on any atom is -0.459 e. The molecule has 68 valence electrons. The Hall–Kier alpha value is -1.32. The molecule has 0 aliphatic heterocycles. The van der Waals surface area contributed by atoms with Crippen molar-refractivity contribution < 1.29 is 4.42 Å². The topological polar surface area (TPSA) is 51.2 Å². The summed E-state index contributed by atoms with van der Waals surface area (Å²) in [7, 11) is 0. The van der Waals surface area contributed by atoms with Crippen molar-refractivity contribution in [3.63, 3.8) is 0 Å². The lowest BCUT2D eigenvalue weighted by atomic mass is 10.2. The minimum absolute atomic E-state index is 0.0485. The Balaban J connectivity index is 2.49. The van der Waals surface area contributed by atoms with Gasteiger partial charge in [0, 0.05) is 5.39 Å². The second-order valence-corrected chi connectivity index (χ2v) is 3.07. The van der Waals surface area contributed by atoms with E-state index in [1.807, 2.05) is 37.3 Å². The number of fused-ring (bicyclic) bond motifs is 1. The third-order valence-electron chi connectivity index (χ3n) is 2.12. The van der Waals surface area contributed by atoms with Crippen LogP contribution in [0.2, 0.25) is 0 Å². The van der Waals surface area contributed by atoms with Crippen LogP contribution in [0.1, 0.15) is 18.7 Å². The van der Waals surface area contributed by atoms with Gasteiger partial charge in [-0.25, -0.2) is 0 Å². The molecule has 0 spiro atoms. The lowest BCUT2D eigenvalue weighted by molar-refractivity contribution is 0.459. The number of hydrogen-bond acceptors (Lipinski definition) is 3. The fourth-order valence-electron chi connectivity index (χ4n) is 1.30. The van der Waals surface area contributed by atoms with Gasteiger partial charge in [0.25, 0.3) is 0 Å². The Bertz CT molecular complexity index is 375. The van der Waals surface area contributed by atoms with E-state index in [2.05, 4.69) is 5.43 Å². The van der Waals surface area contributed by atoms with Crippen LogP contribution in [0.4, 0.5) is 0 Å². The van der Waals surface area contributed by atoms with Gasteiger partial charge in [-0.2, -0.15) is 0 Å². The molecule has 0 radical (unpaired) electrons. The Kier molecular flexibility index (Phi) is 2.04. The van der Waals surface area contributed by atoms with Crippen molar-refractivity contribution in [1.29, 1.82) is 0 Å². The SMILES string of the molecule is C[C@@H](NN)c1cc2ccccc2o1. The second-order valence-electron chi connectivity index (χ2n) is 3.07. The van der Waals surface area contributed by atoms with E-state index in [-0.39, 0.29) is 6.04 Å². The van der Waals surface area contributed by atoms with Gasteiger partial charge >= 0.3 is 0 Å². The number of benzene rings is 1. The summed E-state index contributed by atoms with van der Waals surface area (Å²) in [6.07, 6.45) is 0. The first kappa shape index (κ1) is 8.29. The maximum absolute atomic E-state index is 5.58. The normalized spacial score (nSPS) is 13.4. The number of hydrogen-bond donors (Lipinski definition) is 2. The number of rotatable bonds is 2. The van der Waals surface area contributed by atoms with E-state index in [0.717, 1.165) is 16.7 Å². The quantitative estimate of drug-likeness (QED) is 0.543.